The maximum Gasteiger partial charge on any atom is 0.282 e. The van der Waals surface area contributed by atoms with Crippen LogP contribution < -0.4 is 10.5 Å². The second-order valence-corrected chi connectivity index (χ2v) is 4.86. The first-order valence-electron chi connectivity index (χ1n) is 4.58. The summed E-state index contributed by atoms with van der Waals surface area (Å²) in [4.78, 5) is 3.71. The zero-order valence-electron chi connectivity index (χ0n) is 8.90. The van der Waals surface area contributed by atoms with Crippen molar-refractivity contribution in [3.05, 3.63) is 24.7 Å². The molecule has 0 aliphatic carbocycles. The molecular weight excluding hydrogens is 244 g/mol. The number of anilines is 2. The molecule has 0 radical (unpaired) electrons. The predicted molar refractivity (Wildman–Crippen MR) is 60.5 cm³/mol. The lowest BCUT2D eigenvalue weighted by atomic mass is 10.6. The molecule has 2 rings (SSSR count). The number of nitrogens with two attached hydrogens (primary N) is 1. The average Bonchev–Trinajstić information content (AvgIpc) is 2.59. The Kier molecular flexibility index (Phi) is 2.68. The summed E-state index contributed by atoms with van der Waals surface area (Å²) in [7, 11) is -2.27. The molecule has 0 aromatic carbocycles. The molecule has 0 unspecified atom stereocenters. The van der Waals surface area contributed by atoms with E-state index in [1.807, 2.05) is 0 Å². The van der Waals surface area contributed by atoms with Crippen molar-refractivity contribution in [1.29, 1.82) is 0 Å². The molecular formula is C8H10N6O2S. The zero-order chi connectivity index (χ0) is 12.5. The fraction of sp³-hybridized carbons (Fsp3) is 0.125. The van der Waals surface area contributed by atoms with E-state index < -0.39 is 10.0 Å². The second-order valence-electron chi connectivity index (χ2n) is 3.26. The highest BCUT2D eigenvalue weighted by atomic mass is 32.2. The lowest BCUT2D eigenvalue weighted by molar-refractivity contribution is 0.591. The number of aromatic nitrogens is 4. The third-order valence-electron chi connectivity index (χ3n) is 1.98. The van der Waals surface area contributed by atoms with Gasteiger partial charge in [-0.2, -0.15) is 13.5 Å². The van der Waals surface area contributed by atoms with Gasteiger partial charge >= 0.3 is 0 Å². The molecule has 0 fully saturated rings. The van der Waals surface area contributed by atoms with Crippen LogP contribution in [0.2, 0.25) is 0 Å². The summed E-state index contributed by atoms with van der Waals surface area (Å²) in [5.41, 5.74) is 5.49. The van der Waals surface area contributed by atoms with E-state index in [4.69, 9.17) is 5.73 Å². The molecule has 0 aliphatic heterocycles. The van der Waals surface area contributed by atoms with Gasteiger partial charge in [0.05, 0.1) is 6.33 Å². The van der Waals surface area contributed by atoms with Crippen LogP contribution in [0, 0.1) is 0 Å². The Hall–Kier alpha value is -2.16. The van der Waals surface area contributed by atoms with E-state index in [0.717, 1.165) is 0 Å². The fourth-order valence-electron chi connectivity index (χ4n) is 1.31. The largest absolute Gasteiger partial charge is 0.381 e. The van der Waals surface area contributed by atoms with Gasteiger partial charge in [0.15, 0.2) is 16.7 Å². The van der Waals surface area contributed by atoms with Crippen LogP contribution in [-0.2, 0) is 17.1 Å². The van der Waals surface area contributed by atoms with Crippen LogP contribution in [0.3, 0.4) is 0 Å². The van der Waals surface area contributed by atoms with Crippen molar-refractivity contribution < 1.29 is 8.42 Å². The summed E-state index contributed by atoms with van der Waals surface area (Å²) in [6, 6.07) is 3.05. The minimum absolute atomic E-state index is 0.0658. The van der Waals surface area contributed by atoms with Gasteiger partial charge < -0.3 is 10.3 Å². The van der Waals surface area contributed by atoms with Crippen LogP contribution in [0.4, 0.5) is 11.6 Å². The molecule has 0 saturated carbocycles. The minimum atomic E-state index is -3.81. The van der Waals surface area contributed by atoms with Gasteiger partial charge in [0.25, 0.3) is 10.0 Å². The quantitative estimate of drug-likeness (QED) is 0.769. The van der Waals surface area contributed by atoms with E-state index in [1.54, 1.807) is 6.07 Å². The normalized spacial score (nSPS) is 11.4. The van der Waals surface area contributed by atoms with Gasteiger partial charge in [-0.3, -0.25) is 4.72 Å². The highest BCUT2D eigenvalue weighted by Gasteiger charge is 2.22. The lowest BCUT2D eigenvalue weighted by Gasteiger charge is -2.07. The van der Waals surface area contributed by atoms with Crippen molar-refractivity contribution in [2.75, 3.05) is 10.5 Å². The second kappa shape index (κ2) is 4.01. The smallest absolute Gasteiger partial charge is 0.282 e. The topological polar surface area (TPSA) is 116 Å². The summed E-state index contributed by atoms with van der Waals surface area (Å²) in [5, 5.41) is 7.08. The van der Waals surface area contributed by atoms with Crippen LogP contribution in [0.1, 0.15) is 0 Å². The summed E-state index contributed by atoms with van der Waals surface area (Å²) >= 11 is 0. The number of nitrogens with zero attached hydrogens (tertiary/aromatic N) is 4. The fourth-order valence-corrected chi connectivity index (χ4v) is 2.54. The molecule has 0 amide bonds. The van der Waals surface area contributed by atoms with Gasteiger partial charge in [0.1, 0.15) is 0 Å². The van der Waals surface area contributed by atoms with Crippen molar-refractivity contribution in [3.63, 3.8) is 0 Å². The van der Waals surface area contributed by atoms with Crippen molar-refractivity contribution >= 4 is 21.7 Å². The first kappa shape index (κ1) is 11.3. The van der Waals surface area contributed by atoms with E-state index in [0.29, 0.717) is 0 Å². The van der Waals surface area contributed by atoms with Crippen LogP contribution in [0.5, 0.6) is 0 Å². The average molecular weight is 254 g/mol. The number of imidazole rings is 1. The van der Waals surface area contributed by atoms with Crippen molar-refractivity contribution in [2.45, 2.75) is 5.03 Å². The van der Waals surface area contributed by atoms with Crippen LogP contribution >= 0.6 is 0 Å². The molecule has 0 spiro atoms. The number of nitrogens with one attached hydrogen (secondary N) is 1. The highest BCUT2D eigenvalue weighted by molar-refractivity contribution is 7.92. The van der Waals surface area contributed by atoms with E-state index >= 15 is 0 Å². The Bertz CT molecular complexity index is 601. The molecule has 2 aromatic rings. The molecule has 90 valence electrons. The first-order chi connectivity index (χ1) is 8.00. The Labute approximate surface area is 97.6 Å². The summed E-state index contributed by atoms with van der Waals surface area (Å²) < 4.78 is 27.5. The van der Waals surface area contributed by atoms with Gasteiger partial charge in [0, 0.05) is 13.2 Å². The highest BCUT2D eigenvalue weighted by Crippen LogP contribution is 2.18. The molecule has 0 aliphatic rings. The number of hydrogen-bond donors (Lipinski definition) is 2. The standard InChI is InChI=1S/C8H10N6O2S/c1-14-5-10-7(9)8(14)17(15,16)13-6-3-2-4-11-12-6/h2-5H,9H2,1H3,(H,12,13). The molecule has 0 atom stereocenters. The number of rotatable bonds is 3. The minimum Gasteiger partial charge on any atom is -0.381 e. The summed E-state index contributed by atoms with van der Waals surface area (Å²) in [6.07, 6.45) is 2.76. The Balaban J connectivity index is 2.39. The van der Waals surface area contributed by atoms with Crippen LogP contribution in [0.15, 0.2) is 29.7 Å². The third kappa shape index (κ3) is 2.18. The summed E-state index contributed by atoms with van der Waals surface area (Å²) in [5.74, 6) is 0.0528. The Morgan fingerprint density at radius 2 is 2.24 bits per heavy atom. The number of nitrogen functional groups attached to an aromatic ring is 1. The van der Waals surface area contributed by atoms with Gasteiger partial charge in [-0.15, -0.1) is 5.10 Å². The van der Waals surface area contributed by atoms with Crippen LogP contribution in [-0.4, -0.2) is 28.2 Å². The maximum atomic E-state index is 12.0. The van der Waals surface area contributed by atoms with E-state index in [2.05, 4.69) is 19.9 Å². The molecule has 9 heteroatoms. The lowest BCUT2D eigenvalue weighted by Crippen LogP contribution is -2.18. The molecule has 2 aromatic heterocycles. The first-order valence-corrected chi connectivity index (χ1v) is 6.06. The SMILES string of the molecule is Cn1cnc(N)c1S(=O)(=O)Nc1cccnn1. The van der Waals surface area contributed by atoms with Crippen molar-refractivity contribution in [2.24, 2.45) is 7.05 Å². The van der Waals surface area contributed by atoms with Gasteiger partial charge in [-0.25, -0.2) is 4.98 Å². The molecule has 8 nitrogen and oxygen atoms in total. The monoisotopic (exact) mass is 254 g/mol. The molecule has 0 saturated heterocycles. The zero-order valence-corrected chi connectivity index (χ0v) is 9.72. The molecule has 17 heavy (non-hydrogen) atoms. The molecule has 3 N–H and O–H groups in total. The predicted octanol–water partition coefficient (Wildman–Crippen LogP) is -0.407. The van der Waals surface area contributed by atoms with E-state index in [9.17, 15) is 8.42 Å². The number of hydrogen-bond acceptors (Lipinski definition) is 6. The van der Waals surface area contributed by atoms with Crippen molar-refractivity contribution in [3.8, 4) is 0 Å². The van der Waals surface area contributed by atoms with E-state index in [-0.39, 0.29) is 16.7 Å². The Morgan fingerprint density at radius 1 is 1.47 bits per heavy atom. The number of aryl methyl sites for hydroxylation is 1. The maximum absolute atomic E-state index is 12.0. The van der Waals surface area contributed by atoms with Gasteiger partial charge in [-0.1, -0.05) is 0 Å². The van der Waals surface area contributed by atoms with E-state index in [1.165, 1.54) is 30.2 Å². The third-order valence-corrected chi connectivity index (χ3v) is 3.46. The number of sulfonamides is 1. The van der Waals surface area contributed by atoms with Gasteiger partial charge in [-0.05, 0) is 12.1 Å². The van der Waals surface area contributed by atoms with Crippen LogP contribution in [0.25, 0.3) is 0 Å². The Morgan fingerprint density at radius 3 is 2.76 bits per heavy atom. The van der Waals surface area contributed by atoms with Gasteiger partial charge in [0.2, 0.25) is 0 Å². The molecule has 2 heterocycles. The summed E-state index contributed by atoms with van der Waals surface area (Å²) in [6.45, 7) is 0. The van der Waals surface area contributed by atoms with Crippen molar-refractivity contribution in [1.82, 2.24) is 19.7 Å². The molecule has 0 bridgehead atoms.